The Kier molecular flexibility index (Phi) is 5.49. The van der Waals surface area contributed by atoms with E-state index >= 15 is 0 Å². The van der Waals surface area contributed by atoms with Gasteiger partial charge in [0.05, 0.1) is 39.0 Å². The number of ketones is 1. The van der Waals surface area contributed by atoms with E-state index < -0.39 is 0 Å². The van der Waals surface area contributed by atoms with E-state index in [1.807, 2.05) is 4.90 Å². The van der Waals surface area contributed by atoms with E-state index in [0.29, 0.717) is 53.2 Å². The third-order valence-electron chi connectivity index (χ3n) is 5.84. The van der Waals surface area contributed by atoms with Gasteiger partial charge in [-0.25, -0.2) is 4.39 Å². The Hall–Kier alpha value is -4.20. The van der Waals surface area contributed by atoms with Crippen LogP contribution in [-0.2, 0) is 6.54 Å². The number of ether oxygens (including phenoxy) is 5. The summed E-state index contributed by atoms with van der Waals surface area (Å²) in [5.74, 6) is 2.07. The van der Waals surface area contributed by atoms with Gasteiger partial charge in [0.25, 0.3) is 0 Å². The van der Waals surface area contributed by atoms with Crippen molar-refractivity contribution in [3.8, 4) is 28.7 Å². The molecule has 2 heterocycles. The second-order valence-corrected chi connectivity index (χ2v) is 7.73. The molecule has 0 bridgehead atoms. The Balaban J connectivity index is 1.50. The van der Waals surface area contributed by atoms with Gasteiger partial charge in [-0.15, -0.1) is 0 Å². The number of Topliss-reactive ketones (excluding diaryl/α,β-unsaturated/α-hetero) is 1. The van der Waals surface area contributed by atoms with Gasteiger partial charge in [0.15, 0.2) is 24.0 Å². The maximum absolute atomic E-state index is 13.3. The molecule has 0 aliphatic carbocycles. The minimum atomic E-state index is -0.308. The Bertz CT molecular complexity index is 1300. The molecule has 7 nitrogen and oxygen atoms in total. The molecule has 2 aliphatic rings. The van der Waals surface area contributed by atoms with E-state index in [1.165, 1.54) is 33.5 Å². The van der Waals surface area contributed by atoms with Gasteiger partial charge in [0.1, 0.15) is 17.3 Å². The van der Waals surface area contributed by atoms with E-state index in [1.54, 1.807) is 42.5 Å². The first-order valence-electron chi connectivity index (χ1n) is 10.6. The number of anilines is 1. The van der Waals surface area contributed by atoms with E-state index in [-0.39, 0.29) is 17.4 Å². The number of halogens is 1. The number of allylic oxidation sites excluding steroid dienone is 1. The number of nitrogens with zero attached hydrogens (tertiary/aromatic N) is 1. The summed E-state index contributed by atoms with van der Waals surface area (Å²) in [5.41, 5.74) is 2.62. The van der Waals surface area contributed by atoms with Gasteiger partial charge < -0.3 is 28.6 Å². The van der Waals surface area contributed by atoms with Crippen LogP contribution in [0.3, 0.4) is 0 Å². The summed E-state index contributed by atoms with van der Waals surface area (Å²) in [6.07, 6.45) is 1.62. The fourth-order valence-corrected chi connectivity index (χ4v) is 4.16. The van der Waals surface area contributed by atoms with Crippen molar-refractivity contribution in [2.45, 2.75) is 6.54 Å². The summed E-state index contributed by atoms with van der Waals surface area (Å²) >= 11 is 0. The van der Waals surface area contributed by atoms with Crippen molar-refractivity contribution in [2.24, 2.45) is 0 Å². The smallest absolute Gasteiger partial charge is 0.231 e. The summed E-state index contributed by atoms with van der Waals surface area (Å²) in [5, 5.41) is 0. The highest BCUT2D eigenvalue weighted by Crippen LogP contribution is 2.44. The predicted octanol–water partition coefficient (Wildman–Crippen LogP) is 4.82. The molecule has 0 saturated carbocycles. The second-order valence-electron chi connectivity index (χ2n) is 7.73. The van der Waals surface area contributed by atoms with E-state index in [4.69, 9.17) is 23.7 Å². The first-order valence-corrected chi connectivity index (χ1v) is 10.6. The van der Waals surface area contributed by atoms with Crippen LogP contribution in [-0.4, -0.2) is 33.8 Å². The molecule has 0 spiro atoms. The van der Waals surface area contributed by atoms with Crippen LogP contribution in [0.4, 0.5) is 10.1 Å². The third kappa shape index (κ3) is 3.57. The lowest BCUT2D eigenvalue weighted by molar-refractivity contribution is 0.101. The molecule has 0 saturated heterocycles. The number of carbonyl (C=O) groups excluding carboxylic acids is 1. The molecule has 34 heavy (non-hydrogen) atoms. The lowest BCUT2D eigenvalue weighted by atomic mass is 10.0. The fourth-order valence-electron chi connectivity index (χ4n) is 4.16. The van der Waals surface area contributed by atoms with Gasteiger partial charge in [-0.2, -0.15) is 0 Å². The van der Waals surface area contributed by atoms with Crippen molar-refractivity contribution in [1.82, 2.24) is 0 Å². The average Bonchev–Trinajstić information content (AvgIpc) is 3.19. The maximum atomic E-state index is 13.3. The van der Waals surface area contributed by atoms with Gasteiger partial charge >= 0.3 is 0 Å². The SMILES string of the molecule is COc1ccc(/C=C2\Oc3c(ccc4c3CN(c3ccc(F)cc3)CO4)C2=O)c(OC)c1OC. The van der Waals surface area contributed by atoms with Gasteiger partial charge in [-0.1, -0.05) is 0 Å². The topological polar surface area (TPSA) is 66.5 Å². The van der Waals surface area contributed by atoms with Crippen LogP contribution in [0, 0.1) is 5.82 Å². The minimum Gasteiger partial charge on any atom is -0.493 e. The molecule has 3 aromatic carbocycles. The van der Waals surface area contributed by atoms with Gasteiger partial charge in [0, 0.05) is 11.3 Å². The molecule has 3 aromatic rings. The molecule has 5 rings (SSSR count). The maximum Gasteiger partial charge on any atom is 0.231 e. The van der Waals surface area contributed by atoms with Crippen molar-refractivity contribution < 1.29 is 32.9 Å². The largest absolute Gasteiger partial charge is 0.493 e. The first kappa shape index (κ1) is 21.6. The Morgan fingerprint density at radius 2 is 1.71 bits per heavy atom. The number of fused-ring (bicyclic) bond motifs is 3. The molecule has 0 unspecified atom stereocenters. The molecular weight excluding hydrogens is 441 g/mol. The summed E-state index contributed by atoms with van der Waals surface area (Å²) in [4.78, 5) is 15.1. The zero-order chi connectivity index (χ0) is 23.8. The summed E-state index contributed by atoms with van der Waals surface area (Å²) in [6, 6.07) is 13.2. The van der Waals surface area contributed by atoms with E-state index in [0.717, 1.165) is 11.3 Å². The van der Waals surface area contributed by atoms with Crippen molar-refractivity contribution in [2.75, 3.05) is 33.0 Å². The highest BCUT2D eigenvalue weighted by molar-refractivity contribution is 6.15. The standard InChI is InChI=1S/C26H22FNO6/c1-30-21-10-4-15(24(31-2)26(21)32-3)12-22-23(29)18-9-11-20-19(25(18)34-22)13-28(14-33-20)17-7-5-16(27)6-8-17/h4-12H,13-14H2,1-3H3/b22-12-. The summed E-state index contributed by atoms with van der Waals surface area (Å²) in [7, 11) is 4.57. The van der Waals surface area contributed by atoms with E-state index in [9.17, 15) is 9.18 Å². The number of hydrogen-bond acceptors (Lipinski definition) is 7. The van der Waals surface area contributed by atoms with Gasteiger partial charge in [-0.3, -0.25) is 4.79 Å². The number of carbonyl (C=O) groups is 1. The fraction of sp³-hybridized carbons (Fsp3) is 0.192. The molecule has 0 fully saturated rings. The van der Waals surface area contributed by atoms with Crippen LogP contribution in [0.25, 0.3) is 6.08 Å². The van der Waals surface area contributed by atoms with E-state index in [2.05, 4.69) is 0 Å². The predicted molar refractivity (Wildman–Crippen MR) is 124 cm³/mol. The lowest BCUT2D eigenvalue weighted by Crippen LogP contribution is -2.32. The number of methoxy groups -OCH3 is 3. The van der Waals surface area contributed by atoms with Crippen LogP contribution in [0.5, 0.6) is 28.7 Å². The summed E-state index contributed by atoms with van der Waals surface area (Å²) < 4.78 is 41.6. The lowest BCUT2D eigenvalue weighted by Gasteiger charge is -2.31. The highest BCUT2D eigenvalue weighted by Gasteiger charge is 2.34. The molecule has 8 heteroatoms. The zero-order valence-corrected chi connectivity index (χ0v) is 18.9. The Morgan fingerprint density at radius 3 is 2.41 bits per heavy atom. The molecule has 2 aliphatic heterocycles. The minimum absolute atomic E-state index is 0.160. The third-order valence-corrected chi connectivity index (χ3v) is 5.84. The monoisotopic (exact) mass is 463 g/mol. The molecule has 0 radical (unpaired) electrons. The van der Waals surface area contributed by atoms with Crippen LogP contribution < -0.4 is 28.6 Å². The van der Waals surface area contributed by atoms with Crippen molar-refractivity contribution >= 4 is 17.5 Å². The molecule has 0 aromatic heterocycles. The molecule has 174 valence electrons. The molecule has 0 atom stereocenters. The number of rotatable bonds is 5. The van der Waals surface area contributed by atoms with Crippen molar-refractivity contribution in [3.63, 3.8) is 0 Å². The van der Waals surface area contributed by atoms with Gasteiger partial charge in [-0.05, 0) is 54.6 Å². The number of benzene rings is 3. The highest BCUT2D eigenvalue weighted by atomic mass is 19.1. The first-order chi connectivity index (χ1) is 16.5. The van der Waals surface area contributed by atoms with Gasteiger partial charge in [0.2, 0.25) is 11.5 Å². The Morgan fingerprint density at radius 1 is 0.941 bits per heavy atom. The Labute approximate surface area is 195 Å². The quantitative estimate of drug-likeness (QED) is 0.503. The molecular formula is C26H22FNO6. The van der Waals surface area contributed by atoms with Crippen LogP contribution in [0.1, 0.15) is 21.5 Å². The van der Waals surface area contributed by atoms with Crippen molar-refractivity contribution in [1.29, 1.82) is 0 Å². The van der Waals surface area contributed by atoms with Crippen molar-refractivity contribution in [3.05, 3.63) is 76.8 Å². The zero-order valence-electron chi connectivity index (χ0n) is 18.9. The number of hydrogen-bond donors (Lipinski definition) is 0. The second kappa shape index (κ2) is 8.62. The molecule has 0 N–H and O–H groups in total. The normalized spacial score (nSPS) is 15.4. The average molecular weight is 463 g/mol. The van der Waals surface area contributed by atoms with Crippen LogP contribution in [0.2, 0.25) is 0 Å². The molecule has 0 amide bonds. The summed E-state index contributed by atoms with van der Waals surface area (Å²) in [6.45, 7) is 0.751. The van der Waals surface area contributed by atoms with Crippen LogP contribution in [0.15, 0.2) is 54.3 Å². The van der Waals surface area contributed by atoms with Crippen LogP contribution >= 0.6 is 0 Å².